The molecule has 0 aliphatic carbocycles. The normalized spacial score (nSPS) is 10.3. The topological polar surface area (TPSA) is 83.5 Å². The Labute approximate surface area is 136 Å². The molecular formula is C14H14N2O4S2. The van der Waals surface area contributed by atoms with E-state index >= 15 is 0 Å². The molecule has 1 heterocycles. The Bertz CT molecular complexity index is 762. The highest BCUT2D eigenvalue weighted by atomic mass is 32.1. The van der Waals surface area contributed by atoms with E-state index in [1.807, 2.05) is 0 Å². The number of benzene rings is 1. The lowest BCUT2D eigenvalue weighted by atomic mass is 10.2. The van der Waals surface area contributed by atoms with Crippen LogP contribution in [-0.2, 0) is 9.47 Å². The van der Waals surface area contributed by atoms with Gasteiger partial charge >= 0.3 is 11.9 Å². The van der Waals surface area contributed by atoms with Crippen LogP contribution in [-0.4, -0.2) is 30.2 Å². The number of aromatic nitrogens is 1. The van der Waals surface area contributed by atoms with Gasteiger partial charge in [0.05, 0.1) is 19.3 Å². The second kappa shape index (κ2) is 6.71. The molecule has 0 spiro atoms. The molecule has 2 rings (SSSR count). The number of nitrogens with two attached hydrogens (primary N) is 1. The molecule has 116 valence electrons. The predicted molar refractivity (Wildman–Crippen MR) is 86.2 cm³/mol. The van der Waals surface area contributed by atoms with Gasteiger partial charge in [0.25, 0.3) is 0 Å². The third kappa shape index (κ3) is 3.02. The number of anilines is 1. The minimum atomic E-state index is -0.532. The number of carbonyl (C=O) groups excluding carboxylic acids is 2. The van der Waals surface area contributed by atoms with Gasteiger partial charge in [-0.2, -0.15) is 0 Å². The molecule has 8 heteroatoms. The van der Waals surface area contributed by atoms with Gasteiger partial charge in [0.2, 0.25) is 0 Å². The number of methoxy groups -OCH3 is 1. The standard InChI is InChI=1S/C14H14N2O4S2/c1-3-20-12(17)8-4-6-9(7-5-8)16-11(15)10(13(18)19-2)22-14(16)21/h4-7H,3,15H2,1-2H3. The minimum Gasteiger partial charge on any atom is -0.465 e. The van der Waals surface area contributed by atoms with Crippen molar-refractivity contribution in [3.63, 3.8) is 0 Å². The van der Waals surface area contributed by atoms with E-state index in [4.69, 9.17) is 22.7 Å². The van der Waals surface area contributed by atoms with Gasteiger partial charge in [0, 0.05) is 5.69 Å². The van der Waals surface area contributed by atoms with Gasteiger partial charge < -0.3 is 15.2 Å². The summed E-state index contributed by atoms with van der Waals surface area (Å²) in [5.74, 6) is -0.715. The summed E-state index contributed by atoms with van der Waals surface area (Å²) in [4.78, 5) is 23.5. The molecule has 0 aliphatic heterocycles. The maximum atomic E-state index is 11.6. The van der Waals surface area contributed by atoms with Gasteiger partial charge in [0.15, 0.2) is 8.83 Å². The maximum Gasteiger partial charge on any atom is 0.351 e. The molecule has 6 nitrogen and oxygen atoms in total. The summed E-state index contributed by atoms with van der Waals surface area (Å²) in [5.41, 5.74) is 7.06. The molecule has 0 radical (unpaired) electrons. The Balaban J connectivity index is 2.41. The van der Waals surface area contributed by atoms with Gasteiger partial charge in [0.1, 0.15) is 5.82 Å². The number of rotatable bonds is 4. The van der Waals surface area contributed by atoms with Crippen molar-refractivity contribution in [2.24, 2.45) is 0 Å². The van der Waals surface area contributed by atoms with Gasteiger partial charge in [-0.25, -0.2) is 9.59 Å². The Hall–Kier alpha value is -2.19. The lowest BCUT2D eigenvalue weighted by Crippen LogP contribution is -2.07. The van der Waals surface area contributed by atoms with Gasteiger partial charge in [-0.3, -0.25) is 4.57 Å². The molecule has 0 amide bonds. The molecule has 22 heavy (non-hydrogen) atoms. The number of hydrogen-bond acceptors (Lipinski definition) is 7. The van der Waals surface area contributed by atoms with Crippen molar-refractivity contribution in [3.8, 4) is 5.69 Å². The van der Waals surface area contributed by atoms with Crippen molar-refractivity contribution in [2.45, 2.75) is 6.92 Å². The fraction of sp³-hybridized carbons (Fsp3) is 0.214. The highest BCUT2D eigenvalue weighted by Crippen LogP contribution is 2.27. The van der Waals surface area contributed by atoms with Crippen molar-refractivity contribution >= 4 is 41.3 Å². The van der Waals surface area contributed by atoms with E-state index in [9.17, 15) is 9.59 Å². The second-order valence-electron chi connectivity index (χ2n) is 4.18. The molecule has 0 atom stereocenters. The van der Waals surface area contributed by atoms with Gasteiger partial charge in [-0.1, -0.05) is 11.3 Å². The Morgan fingerprint density at radius 3 is 2.45 bits per heavy atom. The van der Waals surface area contributed by atoms with Crippen LogP contribution in [0.15, 0.2) is 24.3 Å². The number of esters is 2. The molecule has 0 unspecified atom stereocenters. The molecule has 2 N–H and O–H groups in total. The van der Waals surface area contributed by atoms with E-state index in [1.165, 1.54) is 7.11 Å². The Morgan fingerprint density at radius 2 is 1.91 bits per heavy atom. The zero-order valence-electron chi connectivity index (χ0n) is 12.0. The molecule has 0 saturated carbocycles. The molecule has 0 saturated heterocycles. The number of nitrogens with zero attached hydrogens (tertiary/aromatic N) is 1. The largest absolute Gasteiger partial charge is 0.465 e. The van der Waals surface area contributed by atoms with E-state index in [-0.39, 0.29) is 10.7 Å². The van der Waals surface area contributed by atoms with Crippen LogP contribution >= 0.6 is 23.6 Å². The predicted octanol–water partition coefficient (Wildman–Crippen LogP) is 2.81. The van der Waals surface area contributed by atoms with Crippen LogP contribution in [0, 0.1) is 3.95 Å². The van der Waals surface area contributed by atoms with E-state index < -0.39 is 11.9 Å². The first-order chi connectivity index (χ1) is 10.5. The van der Waals surface area contributed by atoms with Gasteiger partial charge in [-0.15, -0.1) is 0 Å². The highest BCUT2D eigenvalue weighted by Gasteiger charge is 2.18. The molecule has 0 fully saturated rings. The molecular weight excluding hydrogens is 324 g/mol. The molecule has 1 aromatic carbocycles. The summed E-state index contributed by atoms with van der Waals surface area (Å²) in [6.45, 7) is 2.05. The average Bonchev–Trinajstić information content (AvgIpc) is 2.82. The Kier molecular flexibility index (Phi) is 4.94. The van der Waals surface area contributed by atoms with E-state index in [2.05, 4.69) is 4.74 Å². The Morgan fingerprint density at radius 1 is 1.27 bits per heavy atom. The third-order valence-corrected chi connectivity index (χ3v) is 4.22. The molecule has 1 aromatic heterocycles. The lowest BCUT2D eigenvalue weighted by molar-refractivity contribution is 0.0525. The SMILES string of the molecule is CCOC(=O)c1ccc(-n2c(N)c(C(=O)OC)sc2=S)cc1. The fourth-order valence-corrected chi connectivity index (χ4v) is 3.12. The number of carbonyl (C=O) groups is 2. The van der Waals surface area contributed by atoms with Crippen molar-refractivity contribution < 1.29 is 19.1 Å². The first kappa shape index (κ1) is 16.2. The zero-order valence-corrected chi connectivity index (χ0v) is 13.6. The van der Waals surface area contributed by atoms with Crippen LogP contribution < -0.4 is 5.73 Å². The molecule has 2 aromatic rings. The molecule has 0 aliphatic rings. The van der Waals surface area contributed by atoms with Crippen LogP contribution in [0.2, 0.25) is 0 Å². The second-order valence-corrected chi connectivity index (χ2v) is 5.82. The van der Waals surface area contributed by atoms with Crippen LogP contribution in [0.1, 0.15) is 27.0 Å². The zero-order chi connectivity index (χ0) is 16.3. The fourth-order valence-electron chi connectivity index (χ4n) is 1.83. The maximum absolute atomic E-state index is 11.6. The smallest absolute Gasteiger partial charge is 0.351 e. The van der Waals surface area contributed by atoms with E-state index in [0.717, 1.165) is 11.3 Å². The van der Waals surface area contributed by atoms with Crippen LogP contribution in [0.3, 0.4) is 0 Å². The number of thiazole rings is 1. The lowest BCUT2D eigenvalue weighted by Gasteiger charge is -2.07. The van der Waals surface area contributed by atoms with Crippen molar-refractivity contribution in [1.82, 2.24) is 4.57 Å². The first-order valence-electron chi connectivity index (χ1n) is 6.36. The number of nitrogen functional groups attached to an aromatic ring is 1. The minimum absolute atomic E-state index is 0.214. The summed E-state index contributed by atoms with van der Waals surface area (Å²) >= 11 is 6.31. The third-order valence-electron chi connectivity index (χ3n) is 2.85. The van der Waals surface area contributed by atoms with Crippen LogP contribution in [0.4, 0.5) is 5.82 Å². The molecule has 0 bridgehead atoms. The summed E-state index contributed by atoms with van der Waals surface area (Å²) in [5, 5.41) is 0. The van der Waals surface area contributed by atoms with Crippen molar-refractivity contribution in [1.29, 1.82) is 0 Å². The van der Waals surface area contributed by atoms with Crippen molar-refractivity contribution in [2.75, 3.05) is 19.5 Å². The van der Waals surface area contributed by atoms with Crippen LogP contribution in [0.5, 0.6) is 0 Å². The number of ether oxygens (including phenoxy) is 2. The van der Waals surface area contributed by atoms with Gasteiger partial charge in [-0.05, 0) is 43.4 Å². The van der Waals surface area contributed by atoms with Crippen molar-refractivity contribution in [3.05, 3.63) is 38.7 Å². The van der Waals surface area contributed by atoms with Crippen LogP contribution in [0.25, 0.3) is 5.69 Å². The number of hydrogen-bond donors (Lipinski definition) is 1. The first-order valence-corrected chi connectivity index (χ1v) is 7.59. The monoisotopic (exact) mass is 338 g/mol. The average molecular weight is 338 g/mol. The summed E-state index contributed by atoms with van der Waals surface area (Å²) in [7, 11) is 1.28. The van der Waals surface area contributed by atoms with E-state index in [0.29, 0.717) is 21.8 Å². The highest BCUT2D eigenvalue weighted by molar-refractivity contribution is 7.73. The summed E-state index contributed by atoms with van der Waals surface area (Å²) < 4.78 is 11.6. The summed E-state index contributed by atoms with van der Waals surface area (Å²) in [6, 6.07) is 6.60. The van der Waals surface area contributed by atoms with E-state index in [1.54, 1.807) is 35.8 Å². The summed E-state index contributed by atoms with van der Waals surface area (Å²) in [6.07, 6.45) is 0. The quantitative estimate of drug-likeness (QED) is 0.682.